The van der Waals surface area contributed by atoms with Crippen molar-refractivity contribution in [1.82, 2.24) is 9.88 Å². The molecule has 1 saturated heterocycles. The lowest BCUT2D eigenvalue weighted by Crippen LogP contribution is -2.41. The van der Waals surface area contributed by atoms with Crippen molar-refractivity contribution >= 4 is 5.82 Å². The number of alkyl halides is 1. The fourth-order valence-corrected chi connectivity index (χ4v) is 4.54. The van der Waals surface area contributed by atoms with Gasteiger partial charge in [-0.1, -0.05) is 37.3 Å². The van der Waals surface area contributed by atoms with Gasteiger partial charge in [0.05, 0.1) is 11.8 Å². The second-order valence-electron chi connectivity index (χ2n) is 9.71. The summed E-state index contributed by atoms with van der Waals surface area (Å²) >= 11 is 0. The van der Waals surface area contributed by atoms with Gasteiger partial charge in [0.1, 0.15) is 11.6 Å². The molecule has 0 bridgehead atoms. The Balaban J connectivity index is 1.61. The molecule has 3 unspecified atom stereocenters. The number of pyridine rings is 1. The van der Waals surface area contributed by atoms with Crippen LogP contribution in [0.2, 0.25) is 0 Å². The molecule has 3 atom stereocenters. The van der Waals surface area contributed by atoms with Crippen LogP contribution in [0, 0.1) is 0 Å². The van der Waals surface area contributed by atoms with Gasteiger partial charge >= 0.3 is 0 Å². The van der Waals surface area contributed by atoms with E-state index in [-0.39, 0.29) is 12.5 Å². The monoisotopic (exact) mass is 467 g/mol. The highest BCUT2D eigenvalue weighted by Gasteiger charge is 2.34. The maximum absolute atomic E-state index is 14.2. The van der Waals surface area contributed by atoms with Crippen molar-refractivity contribution in [2.45, 2.75) is 64.4 Å². The number of aliphatic hydroxyl groups is 1. The van der Waals surface area contributed by atoms with Gasteiger partial charge in [-0.25, -0.2) is 13.8 Å². The van der Waals surface area contributed by atoms with Gasteiger partial charge in [-0.2, -0.15) is 0 Å². The molecule has 0 saturated carbocycles. The minimum atomic E-state index is -2.00. The molecule has 0 spiro atoms. The van der Waals surface area contributed by atoms with E-state index in [9.17, 15) is 13.9 Å². The molecule has 4 rings (SSSR count). The number of aromatic nitrogens is 1. The number of hydrogen-bond donors (Lipinski definition) is 1. The Hall–Kier alpha value is -2.57. The van der Waals surface area contributed by atoms with Crippen LogP contribution >= 0.6 is 0 Å². The Kier molecular flexibility index (Phi) is 7.20. The lowest BCUT2D eigenvalue weighted by atomic mass is 9.90. The van der Waals surface area contributed by atoms with E-state index in [1.54, 1.807) is 6.08 Å². The third-order valence-electron chi connectivity index (χ3n) is 7.23. The van der Waals surface area contributed by atoms with Crippen molar-refractivity contribution in [3.05, 3.63) is 71.2 Å². The van der Waals surface area contributed by atoms with Gasteiger partial charge in [0.2, 0.25) is 0 Å². The second-order valence-corrected chi connectivity index (χ2v) is 9.71. The third-order valence-corrected chi connectivity index (χ3v) is 7.23. The van der Waals surface area contributed by atoms with Crippen molar-refractivity contribution in [2.24, 2.45) is 0 Å². The molecule has 0 radical (unpaired) electrons. The van der Waals surface area contributed by atoms with Gasteiger partial charge in [0.25, 0.3) is 0 Å². The summed E-state index contributed by atoms with van der Waals surface area (Å²) in [5, 5.41) is 11.0. The predicted molar refractivity (Wildman–Crippen MR) is 134 cm³/mol. The van der Waals surface area contributed by atoms with Crippen LogP contribution in [-0.2, 0) is 13.0 Å². The number of halogens is 2. The standard InChI is InChI=1S/C28H35F2N3O/c1-5-20-9-6-7-10-22(20)23-11-12-26(33-15-8-16-33)31-24(23)18-32(4)19(2)27(34)21-13-14-28(3,30)25(29)17-21/h6-7,9-13,17,19,27,34H,5,8,14-16,18H2,1-4H3. The Morgan fingerprint density at radius 1 is 1.18 bits per heavy atom. The molecule has 34 heavy (non-hydrogen) atoms. The van der Waals surface area contributed by atoms with Crippen LogP contribution in [-0.4, -0.2) is 52.9 Å². The molecular weight excluding hydrogens is 432 g/mol. The molecule has 2 aliphatic rings. The average Bonchev–Trinajstić information content (AvgIpc) is 2.79. The number of aliphatic hydroxyl groups excluding tert-OH is 1. The summed E-state index contributed by atoms with van der Waals surface area (Å²) in [6.07, 6.45) is 3.84. The Morgan fingerprint density at radius 3 is 2.56 bits per heavy atom. The van der Waals surface area contributed by atoms with Crippen molar-refractivity contribution in [3.8, 4) is 11.1 Å². The Bertz CT molecular complexity index is 1090. The molecular formula is C28H35F2N3O. The summed E-state index contributed by atoms with van der Waals surface area (Å²) in [5.41, 5.74) is 2.90. The fourth-order valence-electron chi connectivity index (χ4n) is 4.54. The smallest absolute Gasteiger partial charge is 0.162 e. The van der Waals surface area contributed by atoms with Gasteiger partial charge in [0, 0.05) is 37.7 Å². The number of benzene rings is 1. The molecule has 2 heterocycles. The molecule has 1 N–H and O–H groups in total. The zero-order valence-corrected chi connectivity index (χ0v) is 20.6. The van der Waals surface area contributed by atoms with Crippen LogP contribution in [0.4, 0.5) is 14.6 Å². The maximum atomic E-state index is 14.2. The average molecular weight is 468 g/mol. The van der Waals surface area contributed by atoms with E-state index in [2.05, 4.69) is 42.2 Å². The molecule has 1 aliphatic carbocycles. The number of nitrogens with zero attached hydrogens (tertiary/aromatic N) is 3. The summed E-state index contributed by atoms with van der Waals surface area (Å²) in [5.74, 6) is 0.143. The minimum Gasteiger partial charge on any atom is -0.387 e. The van der Waals surface area contributed by atoms with Gasteiger partial charge in [0.15, 0.2) is 5.67 Å². The summed E-state index contributed by atoms with van der Waals surface area (Å²) in [6.45, 7) is 7.83. The highest BCUT2D eigenvalue weighted by molar-refractivity contribution is 5.71. The molecule has 1 fully saturated rings. The third kappa shape index (κ3) is 4.93. The topological polar surface area (TPSA) is 39.6 Å². The summed E-state index contributed by atoms with van der Waals surface area (Å²) in [4.78, 5) is 9.34. The quantitative estimate of drug-likeness (QED) is 0.548. The number of likely N-dealkylation sites (N-methyl/N-ethyl adjacent to an activating group) is 1. The van der Waals surface area contributed by atoms with E-state index in [0.717, 1.165) is 42.7 Å². The van der Waals surface area contributed by atoms with Gasteiger partial charge in [-0.05, 0) is 68.6 Å². The second kappa shape index (κ2) is 9.96. The molecule has 1 aromatic carbocycles. The minimum absolute atomic E-state index is 0.0739. The van der Waals surface area contributed by atoms with E-state index in [0.29, 0.717) is 12.1 Å². The first-order valence-electron chi connectivity index (χ1n) is 12.2. The van der Waals surface area contributed by atoms with Crippen LogP contribution in [0.25, 0.3) is 11.1 Å². The van der Waals surface area contributed by atoms with Crippen LogP contribution in [0.1, 0.15) is 44.9 Å². The van der Waals surface area contributed by atoms with E-state index < -0.39 is 17.6 Å². The Labute approximate surface area is 201 Å². The lowest BCUT2D eigenvalue weighted by Gasteiger charge is -2.34. The summed E-state index contributed by atoms with van der Waals surface area (Å²) in [7, 11) is 1.93. The van der Waals surface area contributed by atoms with E-state index in [1.807, 2.05) is 24.9 Å². The van der Waals surface area contributed by atoms with Crippen molar-refractivity contribution in [2.75, 3.05) is 25.0 Å². The van der Waals surface area contributed by atoms with Crippen LogP contribution < -0.4 is 4.90 Å². The van der Waals surface area contributed by atoms with Crippen molar-refractivity contribution < 1.29 is 13.9 Å². The molecule has 1 aromatic heterocycles. The summed E-state index contributed by atoms with van der Waals surface area (Å²) < 4.78 is 28.3. The molecule has 4 nitrogen and oxygen atoms in total. The van der Waals surface area contributed by atoms with Crippen LogP contribution in [0.15, 0.2) is 60.0 Å². The first-order valence-corrected chi connectivity index (χ1v) is 12.2. The summed E-state index contributed by atoms with van der Waals surface area (Å²) in [6, 6.07) is 12.3. The Morgan fingerprint density at radius 2 is 1.91 bits per heavy atom. The highest BCUT2D eigenvalue weighted by Crippen LogP contribution is 2.35. The van der Waals surface area contributed by atoms with Gasteiger partial charge < -0.3 is 10.0 Å². The SMILES string of the molecule is CCc1ccccc1-c1ccc(N2CCC2)nc1CN(C)C(C)C(O)C1=CCC(C)(F)C(F)=C1. The number of aryl methyl sites for hydroxylation is 1. The van der Waals surface area contributed by atoms with Gasteiger partial charge in [-0.3, -0.25) is 4.90 Å². The van der Waals surface area contributed by atoms with Crippen LogP contribution in [0.5, 0.6) is 0 Å². The fraction of sp³-hybridized carbons (Fsp3) is 0.464. The lowest BCUT2D eigenvalue weighted by molar-refractivity contribution is 0.0936. The van der Waals surface area contributed by atoms with Crippen LogP contribution in [0.3, 0.4) is 0 Å². The van der Waals surface area contributed by atoms with E-state index in [4.69, 9.17) is 4.98 Å². The zero-order valence-electron chi connectivity index (χ0n) is 20.6. The normalized spacial score (nSPS) is 22.2. The number of allylic oxidation sites excluding steroid dienone is 2. The molecule has 0 amide bonds. The van der Waals surface area contributed by atoms with Crippen molar-refractivity contribution in [1.29, 1.82) is 0 Å². The first-order chi connectivity index (χ1) is 16.2. The van der Waals surface area contributed by atoms with Crippen molar-refractivity contribution in [3.63, 3.8) is 0 Å². The predicted octanol–water partition coefficient (Wildman–Crippen LogP) is 5.61. The first kappa shape index (κ1) is 24.6. The number of hydrogen-bond acceptors (Lipinski definition) is 4. The zero-order chi connectivity index (χ0) is 24.5. The molecule has 1 aliphatic heterocycles. The highest BCUT2D eigenvalue weighted by atomic mass is 19.2. The van der Waals surface area contributed by atoms with Gasteiger partial charge in [-0.15, -0.1) is 0 Å². The largest absolute Gasteiger partial charge is 0.387 e. The van der Waals surface area contributed by atoms with E-state index in [1.165, 1.54) is 24.5 Å². The molecule has 182 valence electrons. The number of rotatable bonds is 8. The molecule has 2 aromatic rings. The van der Waals surface area contributed by atoms with E-state index >= 15 is 0 Å². The number of anilines is 1. The molecule has 6 heteroatoms. The maximum Gasteiger partial charge on any atom is 0.162 e.